The van der Waals surface area contributed by atoms with Crippen LogP contribution in [0.15, 0.2) is 22.7 Å². The van der Waals surface area contributed by atoms with E-state index in [9.17, 15) is 9.90 Å². The number of benzene rings is 1. The molecule has 21 heavy (non-hydrogen) atoms. The van der Waals surface area contributed by atoms with Gasteiger partial charge >= 0.3 is 5.97 Å². The van der Waals surface area contributed by atoms with Gasteiger partial charge in [0, 0.05) is 21.5 Å². The summed E-state index contributed by atoms with van der Waals surface area (Å²) < 4.78 is 0.885. The zero-order chi connectivity index (χ0) is 15.1. The van der Waals surface area contributed by atoms with Crippen molar-refractivity contribution in [3.63, 3.8) is 0 Å². The number of carbonyl (C=O) groups is 1. The molecule has 1 aromatic carbocycles. The summed E-state index contributed by atoms with van der Waals surface area (Å²) in [5, 5.41) is 10.4. The molecule has 0 spiro atoms. The number of fused-ring (bicyclic) bond motifs is 2. The van der Waals surface area contributed by atoms with E-state index in [1.165, 1.54) is 0 Å². The van der Waals surface area contributed by atoms with Crippen molar-refractivity contribution in [2.24, 2.45) is 5.92 Å². The third kappa shape index (κ3) is 2.46. The first kappa shape index (κ1) is 14.5. The number of nitrogens with zero attached hydrogens (tertiary/aromatic N) is 1. The molecule has 1 aliphatic rings. The molecule has 1 aliphatic carbocycles. The molecule has 0 amide bonds. The van der Waals surface area contributed by atoms with Crippen molar-refractivity contribution in [3.05, 3.63) is 39.5 Å². The van der Waals surface area contributed by atoms with E-state index in [1.807, 2.05) is 18.2 Å². The summed E-state index contributed by atoms with van der Waals surface area (Å²) >= 11 is 3.43. The van der Waals surface area contributed by atoms with E-state index < -0.39 is 5.97 Å². The molecule has 0 radical (unpaired) electrons. The van der Waals surface area contributed by atoms with Gasteiger partial charge in [0.25, 0.3) is 0 Å². The molecule has 0 bridgehead atoms. The average Bonchev–Trinajstić information content (AvgIpc) is 2.43. The number of aromatic nitrogens is 1. The highest BCUT2D eigenvalue weighted by molar-refractivity contribution is 9.10. The highest BCUT2D eigenvalue weighted by Crippen LogP contribution is 2.39. The molecule has 110 valence electrons. The monoisotopic (exact) mass is 347 g/mol. The summed E-state index contributed by atoms with van der Waals surface area (Å²) in [6, 6.07) is 5.68. The first-order valence-electron chi connectivity index (χ1n) is 7.34. The molecule has 1 atom stereocenters. The van der Waals surface area contributed by atoms with Crippen LogP contribution in [-0.4, -0.2) is 16.1 Å². The highest BCUT2D eigenvalue weighted by atomic mass is 79.9. The van der Waals surface area contributed by atoms with Crippen LogP contribution in [0.1, 0.15) is 54.2 Å². The maximum absolute atomic E-state index is 11.8. The van der Waals surface area contributed by atoms with Crippen molar-refractivity contribution in [2.45, 2.75) is 39.0 Å². The number of carboxylic acid groups (broad SMARTS) is 1. The molecular weight excluding hydrogens is 330 g/mol. The summed E-state index contributed by atoms with van der Waals surface area (Å²) in [6.07, 6.45) is 2.95. The van der Waals surface area contributed by atoms with Crippen LogP contribution in [0.4, 0.5) is 0 Å². The summed E-state index contributed by atoms with van der Waals surface area (Å²) in [5.41, 5.74) is 3.17. The minimum atomic E-state index is -0.846. The molecule has 0 aliphatic heterocycles. The van der Waals surface area contributed by atoms with Gasteiger partial charge in [0.05, 0.1) is 11.1 Å². The predicted molar refractivity (Wildman–Crippen MR) is 86.9 cm³/mol. The summed E-state index contributed by atoms with van der Waals surface area (Å²) in [6.45, 7) is 4.38. The van der Waals surface area contributed by atoms with Crippen LogP contribution in [0.3, 0.4) is 0 Å². The standard InChI is InChI=1S/C17H18BrNO2/c1-9(2)11-4-3-5-12-15(17(20)21)13-8-10(18)6-7-14(13)19-16(11)12/h6-9,11H,3-5H2,1-2H3,(H,20,21). The molecule has 1 unspecified atom stereocenters. The Labute approximate surface area is 132 Å². The fraction of sp³-hybridized carbons (Fsp3) is 0.412. The van der Waals surface area contributed by atoms with Gasteiger partial charge in [-0.3, -0.25) is 4.98 Å². The summed E-state index contributed by atoms with van der Waals surface area (Å²) in [4.78, 5) is 16.7. The molecule has 4 heteroatoms. The smallest absolute Gasteiger partial charge is 0.336 e. The van der Waals surface area contributed by atoms with Crippen LogP contribution in [0.2, 0.25) is 0 Å². The Morgan fingerprint density at radius 1 is 1.43 bits per heavy atom. The summed E-state index contributed by atoms with van der Waals surface area (Å²) in [7, 11) is 0. The number of carboxylic acids is 1. The Morgan fingerprint density at radius 2 is 2.19 bits per heavy atom. The van der Waals surface area contributed by atoms with E-state index in [1.54, 1.807) is 0 Å². The van der Waals surface area contributed by atoms with Crippen molar-refractivity contribution < 1.29 is 9.90 Å². The predicted octanol–water partition coefficient (Wildman–Crippen LogP) is 4.77. The Balaban J connectivity index is 2.36. The lowest BCUT2D eigenvalue weighted by molar-refractivity contribution is 0.0697. The van der Waals surface area contributed by atoms with E-state index in [2.05, 4.69) is 29.8 Å². The number of rotatable bonds is 2. The van der Waals surface area contributed by atoms with Crippen molar-refractivity contribution >= 4 is 32.8 Å². The van der Waals surface area contributed by atoms with Gasteiger partial charge in [-0.05, 0) is 48.9 Å². The number of hydrogen-bond acceptors (Lipinski definition) is 2. The van der Waals surface area contributed by atoms with Gasteiger partial charge in [0.2, 0.25) is 0 Å². The van der Waals surface area contributed by atoms with Crippen molar-refractivity contribution in [1.82, 2.24) is 4.98 Å². The van der Waals surface area contributed by atoms with Crippen LogP contribution in [0, 0.1) is 5.92 Å². The largest absolute Gasteiger partial charge is 0.478 e. The highest BCUT2D eigenvalue weighted by Gasteiger charge is 2.29. The van der Waals surface area contributed by atoms with Gasteiger partial charge in [0.15, 0.2) is 0 Å². The second-order valence-corrected chi connectivity index (χ2v) is 6.98. The molecule has 1 aromatic heterocycles. The minimum Gasteiger partial charge on any atom is -0.478 e. The SMILES string of the molecule is CC(C)C1CCCc2c1nc1ccc(Br)cc1c2C(=O)O. The van der Waals surface area contributed by atoms with Crippen LogP contribution in [0.25, 0.3) is 10.9 Å². The lowest BCUT2D eigenvalue weighted by atomic mass is 9.78. The quantitative estimate of drug-likeness (QED) is 0.850. The Hall–Kier alpha value is -1.42. The number of hydrogen-bond donors (Lipinski definition) is 1. The van der Waals surface area contributed by atoms with Crippen LogP contribution >= 0.6 is 15.9 Å². The zero-order valence-electron chi connectivity index (χ0n) is 12.2. The first-order chi connectivity index (χ1) is 9.99. The molecule has 0 fully saturated rings. The molecule has 3 rings (SSSR count). The molecule has 1 heterocycles. The van der Waals surface area contributed by atoms with Crippen LogP contribution < -0.4 is 0 Å². The van der Waals surface area contributed by atoms with E-state index in [0.29, 0.717) is 17.4 Å². The molecule has 1 N–H and O–H groups in total. The lowest BCUT2D eigenvalue weighted by Gasteiger charge is -2.29. The number of pyridine rings is 1. The number of aromatic carboxylic acids is 1. The third-order valence-electron chi connectivity index (χ3n) is 4.39. The second-order valence-electron chi connectivity index (χ2n) is 6.06. The Kier molecular flexibility index (Phi) is 3.74. The Morgan fingerprint density at radius 3 is 2.86 bits per heavy atom. The molecule has 2 aromatic rings. The van der Waals surface area contributed by atoms with Crippen molar-refractivity contribution in [2.75, 3.05) is 0 Å². The molecule has 0 saturated carbocycles. The molecular formula is C17H18BrNO2. The first-order valence-corrected chi connectivity index (χ1v) is 8.13. The van der Waals surface area contributed by atoms with Gasteiger partial charge in [-0.1, -0.05) is 29.8 Å². The third-order valence-corrected chi connectivity index (χ3v) is 4.88. The van der Waals surface area contributed by atoms with Gasteiger partial charge in [-0.25, -0.2) is 4.79 Å². The second kappa shape index (κ2) is 5.41. The van der Waals surface area contributed by atoms with E-state index in [-0.39, 0.29) is 0 Å². The van der Waals surface area contributed by atoms with Crippen molar-refractivity contribution in [1.29, 1.82) is 0 Å². The molecule has 3 nitrogen and oxygen atoms in total. The van der Waals surface area contributed by atoms with E-state index in [0.717, 1.165) is 45.9 Å². The lowest BCUT2D eigenvalue weighted by Crippen LogP contribution is -2.20. The van der Waals surface area contributed by atoms with Crippen LogP contribution in [0.5, 0.6) is 0 Å². The van der Waals surface area contributed by atoms with Gasteiger partial charge in [-0.2, -0.15) is 0 Å². The maximum Gasteiger partial charge on any atom is 0.336 e. The van der Waals surface area contributed by atoms with Crippen molar-refractivity contribution in [3.8, 4) is 0 Å². The Bertz CT molecular complexity index is 724. The van der Waals surface area contributed by atoms with Crippen LogP contribution in [-0.2, 0) is 6.42 Å². The number of halogens is 1. The zero-order valence-corrected chi connectivity index (χ0v) is 13.8. The maximum atomic E-state index is 11.8. The minimum absolute atomic E-state index is 0.361. The molecule has 0 saturated heterocycles. The fourth-order valence-corrected chi connectivity index (χ4v) is 3.74. The van der Waals surface area contributed by atoms with Gasteiger partial charge < -0.3 is 5.11 Å². The van der Waals surface area contributed by atoms with E-state index in [4.69, 9.17) is 4.98 Å². The normalized spacial score (nSPS) is 18.0. The van der Waals surface area contributed by atoms with Gasteiger partial charge in [-0.15, -0.1) is 0 Å². The summed E-state index contributed by atoms with van der Waals surface area (Å²) in [5.74, 6) is -0.00727. The topological polar surface area (TPSA) is 50.2 Å². The van der Waals surface area contributed by atoms with E-state index >= 15 is 0 Å². The van der Waals surface area contributed by atoms with Gasteiger partial charge in [0.1, 0.15) is 0 Å². The average molecular weight is 348 g/mol. The fourth-order valence-electron chi connectivity index (χ4n) is 3.38.